The fourth-order valence-corrected chi connectivity index (χ4v) is 2.86. The quantitative estimate of drug-likeness (QED) is 0.628. The summed E-state index contributed by atoms with van der Waals surface area (Å²) in [6.07, 6.45) is -0.118. The van der Waals surface area contributed by atoms with Crippen molar-refractivity contribution < 1.29 is 28.7 Å². The van der Waals surface area contributed by atoms with Crippen molar-refractivity contribution >= 4 is 29.4 Å². The number of anilines is 1. The highest BCUT2D eigenvalue weighted by Crippen LogP contribution is 2.19. The van der Waals surface area contributed by atoms with Crippen molar-refractivity contribution in [3.63, 3.8) is 0 Å². The van der Waals surface area contributed by atoms with Gasteiger partial charge in [0.1, 0.15) is 0 Å². The van der Waals surface area contributed by atoms with Crippen LogP contribution in [0, 0.1) is 13.8 Å². The number of carbonyl (C=O) groups is 4. The molecule has 2 amide bonds. The summed E-state index contributed by atoms with van der Waals surface area (Å²) in [5, 5.41) is 5.33. The Morgan fingerprint density at radius 1 is 1.00 bits per heavy atom. The van der Waals surface area contributed by atoms with Gasteiger partial charge in [-0.25, -0.2) is 4.79 Å². The summed E-state index contributed by atoms with van der Waals surface area (Å²) < 4.78 is 9.75. The molecule has 8 heteroatoms. The minimum atomic E-state index is -0.630. The largest absolute Gasteiger partial charge is 0.465 e. The van der Waals surface area contributed by atoms with E-state index < -0.39 is 30.5 Å². The predicted molar refractivity (Wildman–Crippen MR) is 114 cm³/mol. The van der Waals surface area contributed by atoms with E-state index in [1.54, 1.807) is 19.1 Å². The Hall–Kier alpha value is -3.68. The second-order valence-corrected chi connectivity index (χ2v) is 7.10. The molecule has 2 N–H and O–H groups in total. The lowest BCUT2D eigenvalue weighted by Crippen LogP contribution is -2.29. The molecule has 0 bridgehead atoms. The normalized spacial score (nSPS) is 11.2. The van der Waals surface area contributed by atoms with Crippen LogP contribution in [0.2, 0.25) is 0 Å². The second kappa shape index (κ2) is 10.9. The van der Waals surface area contributed by atoms with Crippen LogP contribution in [-0.4, -0.2) is 37.5 Å². The van der Waals surface area contributed by atoms with Gasteiger partial charge < -0.3 is 20.1 Å². The van der Waals surface area contributed by atoms with Crippen LogP contribution in [0.3, 0.4) is 0 Å². The molecule has 0 saturated carbocycles. The van der Waals surface area contributed by atoms with Gasteiger partial charge in [0.05, 0.1) is 25.1 Å². The number of hydrogen-bond donors (Lipinski definition) is 2. The van der Waals surface area contributed by atoms with Gasteiger partial charge in [0.2, 0.25) is 5.91 Å². The first-order chi connectivity index (χ1) is 14.7. The van der Waals surface area contributed by atoms with E-state index in [4.69, 9.17) is 4.74 Å². The maximum absolute atomic E-state index is 12.3. The van der Waals surface area contributed by atoms with Crippen LogP contribution in [0.15, 0.2) is 42.5 Å². The van der Waals surface area contributed by atoms with Crippen LogP contribution in [0.25, 0.3) is 0 Å². The molecule has 1 unspecified atom stereocenters. The zero-order valence-corrected chi connectivity index (χ0v) is 18.0. The molecule has 31 heavy (non-hydrogen) atoms. The molecule has 0 aromatic heterocycles. The Labute approximate surface area is 180 Å². The molecular weight excluding hydrogens is 400 g/mol. The Morgan fingerprint density at radius 2 is 1.68 bits per heavy atom. The van der Waals surface area contributed by atoms with E-state index in [0.29, 0.717) is 5.69 Å². The third-order valence-corrected chi connectivity index (χ3v) is 4.53. The third-order valence-electron chi connectivity index (χ3n) is 4.53. The smallest absolute Gasteiger partial charge is 0.337 e. The Morgan fingerprint density at radius 3 is 2.29 bits per heavy atom. The van der Waals surface area contributed by atoms with E-state index >= 15 is 0 Å². The summed E-state index contributed by atoms with van der Waals surface area (Å²) in [7, 11) is 1.27. The van der Waals surface area contributed by atoms with Gasteiger partial charge in [-0.2, -0.15) is 0 Å². The monoisotopic (exact) mass is 426 g/mol. The number of carbonyl (C=O) groups excluding carboxylic acids is 4. The zero-order chi connectivity index (χ0) is 23.0. The molecule has 0 aliphatic heterocycles. The maximum Gasteiger partial charge on any atom is 0.337 e. The van der Waals surface area contributed by atoms with Gasteiger partial charge in [-0.1, -0.05) is 35.9 Å². The number of benzene rings is 2. The number of aryl methyl sites for hydroxylation is 2. The van der Waals surface area contributed by atoms with Crippen molar-refractivity contribution in [1.82, 2.24) is 5.32 Å². The lowest BCUT2D eigenvalue weighted by atomic mass is 10.0. The second-order valence-electron chi connectivity index (χ2n) is 7.10. The highest BCUT2D eigenvalue weighted by atomic mass is 16.5. The minimum Gasteiger partial charge on any atom is -0.465 e. The Kier molecular flexibility index (Phi) is 8.31. The van der Waals surface area contributed by atoms with E-state index in [2.05, 4.69) is 15.4 Å². The van der Waals surface area contributed by atoms with Crippen LogP contribution in [0.5, 0.6) is 0 Å². The van der Waals surface area contributed by atoms with E-state index in [1.807, 2.05) is 31.2 Å². The molecule has 8 nitrogen and oxygen atoms in total. The van der Waals surface area contributed by atoms with Crippen molar-refractivity contribution in [2.75, 3.05) is 19.0 Å². The van der Waals surface area contributed by atoms with Crippen molar-refractivity contribution in [3.05, 3.63) is 64.7 Å². The number of rotatable bonds is 8. The van der Waals surface area contributed by atoms with Gasteiger partial charge in [-0.15, -0.1) is 0 Å². The molecule has 0 radical (unpaired) electrons. The molecule has 0 saturated heterocycles. The molecular formula is C23H26N2O6. The molecule has 2 rings (SSSR count). The van der Waals surface area contributed by atoms with Gasteiger partial charge in [0.15, 0.2) is 6.61 Å². The molecule has 164 valence electrons. The first kappa shape index (κ1) is 23.6. The number of amides is 2. The van der Waals surface area contributed by atoms with Gasteiger partial charge in [-0.05, 0) is 37.1 Å². The summed E-state index contributed by atoms with van der Waals surface area (Å²) in [6.45, 7) is 4.57. The maximum atomic E-state index is 12.3. The van der Waals surface area contributed by atoms with Gasteiger partial charge in [-0.3, -0.25) is 14.4 Å². The van der Waals surface area contributed by atoms with Crippen LogP contribution < -0.4 is 10.6 Å². The highest BCUT2D eigenvalue weighted by Gasteiger charge is 2.19. The number of hydrogen-bond acceptors (Lipinski definition) is 6. The van der Waals surface area contributed by atoms with E-state index in [1.165, 1.54) is 20.1 Å². The number of ether oxygens (including phenoxy) is 2. The first-order valence-corrected chi connectivity index (χ1v) is 9.67. The molecule has 2 aromatic carbocycles. The van der Waals surface area contributed by atoms with Crippen LogP contribution in [-0.2, 0) is 23.9 Å². The number of methoxy groups -OCH3 is 1. The summed E-state index contributed by atoms with van der Waals surface area (Å²) in [4.78, 5) is 47.7. The Bertz CT molecular complexity index is 969. The van der Waals surface area contributed by atoms with E-state index in [9.17, 15) is 19.2 Å². The fraction of sp³-hybridized carbons (Fsp3) is 0.304. The summed E-state index contributed by atoms with van der Waals surface area (Å²) >= 11 is 0. The summed E-state index contributed by atoms with van der Waals surface area (Å²) in [5.41, 5.74) is 3.25. The zero-order valence-electron chi connectivity index (χ0n) is 18.0. The van der Waals surface area contributed by atoms with E-state index in [-0.39, 0.29) is 17.9 Å². The number of nitrogens with one attached hydrogen (secondary N) is 2. The minimum absolute atomic E-state index is 0.118. The van der Waals surface area contributed by atoms with Crippen molar-refractivity contribution in [1.29, 1.82) is 0 Å². The van der Waals surface area contributed by atoms with Gasteiger partial charge >= 0.3 is 11.9 Å². The third kappa shape index (κ3) is 7.26. The van der Waals surface area contributed by atoms with Crippen LogP contribution in [0.1, 0.15) is 46.4 Å². The fourth-order valence-electron chi connectivity index (χ4n) is 2.86. The van der Waals surface area contributed by atoms with Crippen molar-refractivity contribution in [2.45, 2.75) is 33.2 Å². The predicted octanol–water partition coefficient (Wildman–Crippen LogP) is 2.84. The number of esters is 2. The lowest BCUT2D eigenvalue weighted by molar-refractivity contribution is -0.148. The van der Waals surface area contributed by atoms with Gasteiger partial charge in [0, 0.05) is 12.6 Å². The topological polar surface area (TPSA) is 111 Å². The average Bonchev–Trinajstić information content (AvgIpc) is 2.73. The van der Waals surface area contributed by atoms with Crippen LogP contribution in [0.4, 0.5) is 5.69 Å². The average molecular weight is 426 g/mol. The van der Waals surface area contributed by atoms with Gasteiger partial charge in [0.25, 0.3) is 5.91 Å². The molecule has 0 aliphatic carbocycles. The summed E-state index contributed by atoms with van der Waals surface area (Å²) in [6, 6.07) is 11.6. The first-order valence-electron chi connectivity index (χ1n) is 9.67. The molecule has 0 fully saturated rings. The van der Waals surface area contributed by atoms with Crippen LogP contribution >= 0.6 is 0 Å². The van der Waals surface area contributed by atoms with Crippen molar-refractivity contribution in [3.8, 4) is 0 Å². The van der Waals surface area contributed by atoms with E-state index in [0.717, 1.165) is 16.7 Å². The highest BCUT2D eigenvalue weighted by molar-refractivity contribution is 5.96. The molecule has 1 atom stereocenters. The lowest BCUT2D eigenvalue weighted by Gasteiger charge is -2.18. The Balaban J connectivity index is 1.96. The standard InChI is InChI=1S/C23H26N2O6/c1-14-5-8-17(9-6-14)20(24-16(3)26)12-22(28)31-13-21(27)25-19-11-18(23(29)30-4)10-7-15(19)2/h5-11,20H,12-13H2,1-4H3,(H,24,26)(H,25,27). The molecule has 0 heterocycles. The van der Waals surface area contributed by atoms with Crippen molar-refractivity contribution in [2.24, 2.45) is 0 Å². The molecule has 2 aromatic rings. The SMILES string of the molecule is COC(=O)c1ccc(C)c(NC(=O)COC(=O)CC(NC(C)=O)c2ccc(C)cc2)c1. The molecule has 0 aliphatic rings. The summed E-state index contributed by atoms with van der Waals surface area (Å²) in [5.74, 6) is -1.99. The molecule has 0 spiro atoms.